The Morgan fingerprint density at radius 3 is 2.73 bits per heavy atom. The summed E-state index contributed by atoms with van der Waals surface area (Å²) in [4.78, 5) is 19.8. The molecule has 4 heterocycles. The summed E-state index contributed by atoms with van der Waals surface area (Å²) in [7, 11) is 1.86. The van der Waals surface area contributed by atoms with Crippen LogP contribution in [-0.4, -0.2) is 41.1 Å². The topological polar surface area (TPSA) is 50.2 Å². The molecule has 2 aromatic rings. The van der Waals surface area contributed by atoms with E-state index in [1.54, 1.807) is 6.07 Å². The van der Waals surface area contributed by atoms with E-state index in [1.165, 1.54) is 12.1 Å². The summed E-state index contributed by atoms with van der Waals surface area (Å²) in [5.74, 6) is 2.57. The fourth-order valence-electron chi connectivity index (χ4n) is 4.60. The molecule has 0 radical (unpaired) electrons. The Morgan fingerprint density at radius 1 is 1.19 bits per heavy atom. The fourth-order valence-corrected chi connectivity index (χ4v) is 4.60. The van der Waals surface area contributed by atoms with E-state index in [-0.39, 0.29) is 5.56 Å². The Morgan fingerprint density at radius 2 is 2.04 bits per heavy atom. The molecule has 0 aromatic carbocycles. The Hall–Kier alpha value is -2.14. The van der Waals surface area contributed by atoms with Gasteiger partial charge in [0.1, 0.15) is 5.82 Å². The Balaban J connectivity index is 1.68. The molecule has 2 atom stereocenters. The minimum atomic E-state index is 0.127. The van der Waals surface area contributed by atoms with Gasteiger partial charge in [0.15, 0.2) is 0 Å². The molecule has 0 spiro atoms. The molecule has 2 aliphatic heterocycles. The van der Waals surface area contributed by atoms with E-state index in [1.807, 2.05) is 29.9 Å². The second-order valence-electron chi connectivity index (χ2n) is 8.21. The summed E-state index contributed by atoms with van der Waals surface area (Å²) in [6.07, 6.45) is 3.05. The number of hydrogen-bond donors (Lipinski definition) is 1. The molecule has 26 heavy (non-hydrogen) atoms. The lowest BCUT2D eigenvalue weighted by molar-refractivity contribution is 0.109. The SMILES string of the molecule is CNc1ccc(-c2cc3n(c(=O)c2)C[C@H]2C[C@@H]3CN(CC(C)C)C2)cn1. The molecule has 138 valence electrons. The van der Waals surface area contributed by atoms with E-state index in [4.69, 9.17) is 0 Å². The predicted molar refractivity (Wildman–Crippen MR) is 106 cm³/mol. The number of anilines is 1. The highest BCUT2D eigenvalue weighted by Crippen LogP contribution is 2.36. The average molecular weight is 352 g/mol. The van der Waals surface area contributed by atoms with E-state index < -0.39 is 0 Å². The zero-order valence-electron chi connectivity index (χ0n) is 15.9. The first kappa shape index (κ1) is 17.3. The van der Waals surface area contributed by atoms with Crippen molar-refractivity contribution in [1.82, 2.24) is 14.5 Å². The van der Waals surface area contributed by atoms with E-state index in [2.05, 4.69) is 35.1 Å². The smallest absolute Gasteiger partial charge is 0.251 e. The lowest BCUT2D eigenvalue weighted by Crippen LogP contribution is -2.48. The molecule has 4 rings (SSSR count). The lowest BCUT2D eigenvalue weighted by atomic mass is 9.82. The van der Waals surface area contributed by atoms with Crippen LogP contribution in [0.2, 0.25) is 0 Å². The third-order valence-corrected chi connectivity index (χ3v) is 5.61. The molecule has 2 aromatic heterocycles. The Labute approximate surface area is 155 Å². The molecular formula is C21H28N4O. The fraction of sp³-hybridized carbons (Fsp3) is 0.524. The van der Waals surface area contributed by atoms with Crippen LogP contribution in [0.15, 0.2) is 35.3 Å². The van der Waals surface area contributed by atoms with E-state index in [0.29, 0.717) is 17.8 Å². The summed E-state index contributed by atoms with van der Waals surface area (Å²) >= 11 is 0. The first-order valence-electron chi connectivity index (χ1n) is 9.64. The van der Waals surface area contributed by atoms with Gasteiger partial charge in [-0.1, -0.05) is 13.8 Å². The van der Waals surface area contributed by atoms with Gasteiger partial charge in [0.2, 0.25) is 0 Å². The van der Waals surface area contributed by atoms with Crippen LogP contribution in [0, 0.1) is 11.8 Å². The highest BCUT2D eigenvalue weighted by atomic mass is 16.1. The molecule has 0 unspecified atom stereocenters. The van der Waals surface area contributed by atoms with E-state index in [0.717, 1.165) is 43.1 Å². The van der Waals surface area contributed by atoms with Gasteiger partial charge < -0.3 is 14.8 Å². The van der Waals surface area contributed by atoms with Crippen molar-refractivity contribution in [3.63, 3.8) is 0 Å². The number of hydrogen-bond acceptors (Lipinski definition) is 4. The van der Waals surface area contributed by atoms with Gasteiger partial charge in [-0.05, 0) is 42.0 Å². The van der Waals surface area contributed by atoms with Crippen molar-refractivity contribution in [2.24, 2.45) is 11.8 Å². The van der Waals surface area contributed by atoms with Crippen LogP contribution in [0.4, 0.5) is 5.82 Å². The third kappa shape index (κ3) is 3.28. The quantitative estimate of drug-likeness (QED) is 0.919. The minimum Gasteiger partial charge on any atom is -0.373 e. The first-order chi connectivity index (χ1) is 12.5. The standard InChI is InChI=1S/C21H28N4O/c1-14(2)10-24-11-15-6-18(13-24)19-7-17(8-21(26)25(19)12-15)16-4-5-20(22-3)23-9-16/h4-5,7-9,14-15,18H,6,10-13H2,1-3H3,(H,22,23)/t15-,18+/m0/s1. The molecule has 5 heteroatoms. The average Bonchev–Trinajstić information content (AvgIpc) is 2.62. The maximum Gasteiger partial charge on any atom is 0.251 e. The highest BCUT2D eigenvalue weighted by molar-refractivity contribution is 5.64. The Kier molecular flexibility index (Phi) is 4.57. The summed E-state index contributed by atoms with van der Waals surface area (Å²) in [6, 6.07) is 7.97. The van der Waals surface area contributed by atoms with Crippen LogP contribution < -0.4 is 10.9 Å². The molecule has 2 aliphatic rings. The van der Waals surface area contributed by atoms with Gasteiger partial charge in [-0.25, -0.2) is 4.98 Å². The number of fused-ring (bicyclic) bond motifs is 4. The van der Waals surface area contributed by atoms with Crippen molar-refractivity contribution in [2.45, 2.75) is 32.7 Å². The monoisotopic (exact) mass is 352 g/mol. The summed E-state index contributed by atoms with van der Waals surface area (Å²) in [5, 5.41) is 3.03. The van der Waals surface area contributed by atoms with Crippen molar-refractivity contribution < 1.29 is 0 Å². The number of aromatic nitrogens is 2. The minimum absolute atomic E-state index is 0.127. The molecule has 1 saturated heterocycles. The molecule has 5 nitrogen and oxygen atoms in total. The van der Waals surface area contributed by atoms with Gasteiger partial charge in [0.05, 0.1) is 0 Å². The third-order valence-electron chi connectivity index (χ3n) is 5.61. The number of nitrogens with zero attached hydrogens (tertiary/aromatic N) is 3. The molecule has 0 amide bonds. The maximum absolute atomic E-state index is 12.8. The number of pyridine rings is 2. The van der Waals surface area contributed by atoms with Crippen molar-refractivity contribution >= 4 is 5.82 Å². The van der Waals surface area contributed by atoms with Crippen LogP contribution in [0.1, 0.15) is 31.9 Å². The second kappa shape index (κ2) is 6.88. The van der Waals surface area contributed by atoms with Crippen molar-refractivity contribution in [1.29, 1.82) is 0 Å². The van der Waals surface area contributed by atoms with Crippen molar-refractivity contribution in [2.75, 3.05) is 32.0 Å². The van der Waals surface area contributed by atoms with Gasteiger partial charge in [0.25, 0.3) is 5.56 Å². The Bertz CT molecular complexity index is 840. The van der Waals surface area contributed by atoms with Crippen molar-refractivity contribution in [3.05, 3.63) is 46.5 Å². The number of piperidine rings is 1. The van der Waals surface area contributed by atoms with Crippen LogP contribution in [-0.2, 0) is 6.54 Å². The molecule has 0 aliphatic carbocycles. The van der Waals surface area contributed by atoms with Crippen LogP contribution in [0.3, 0.4) is 0 Å². The number of nitrogens with one attached hydrogen (secondary N) is 1. The van der Waals surface area contributed by atoms with Gasteiger partial charge >= 0.3 is 0 Å². The van der Waals surface area contributed by atoms with E-state index in [9.17, 15) is 4.79 Å². The number of rotatable bonds is 4. The number of likely N-dealkylation sites (tertiary alicyclic amines) is 1. The maximum atomic E-state index is 12.8. The zero-order chi connectivity index (χ0) is 18.3. The summed E-state index contributed by atoms with van der Waals surface area (Å²) in [6.45, 7) is 8.75. The predicted octanol–water partition coefficient (Wildman–Crippen LogP) is 3.03. The van der Waals surface area contributed by atoms with Gasteiger partial charge in [0, 0.05) is 62.7 Å². The highest BCUT2D eigenvalue weighted by Gasteiger charge is 2.34. The molecule has 1 fully saturated rings. The normalized spacial score (nSPS) is 22.3. The molecular weight excluding hydrogens is 324 g/mol. The van der Waals surface area contributed by atoms with Crippen LogP contribution >= 0.6 is 0 Å². The van der Waals surface area contributed by atoms with Crippen LogP contribution in [0.25, 0.3) is 11.1 Å². The summed E-state index contributed by atoms with van der Waals surface area (Å²) in [5.41, 5.74) is 3.31. The molecule has 2 bridgehead atoms. The van der Waals surface area contributed by atoms with Gasteiger partial charge in [-0.3, -0.25) is 4.79 Å². The zero-order valence-corrected chi connectivity index (χ0v) is 15.9. The lowest BCUT2D eigenvalue weighted by Gasteiger charge is -2.43. The summed E-state index contributed by atoms with van der Waals surface area (Å²) < 4.78 is 2.02. The second-order valence-corrected chi connectivity index (χ2v) is 8.21. The molecule has 0 saturated carbocycles. The van der Waals surface area contributed by atoms with Gasteiger partial charge in [-0.15, -0.1) is 0 Å². The largest absolute Gasteiger partial charge is 0.373 e. The first-order valence-corrected chi connectivity index (χ1v) is 9.64. The van der Waals surface area contributed by atoms with E-state index >= 15 is 0 Å². The van der Waals surface area contributed by atoms with Crippen molar-refractivity contribution in [3.8, 4) is 11.1 Å². The molecule has 1 N–H and O–H groups in total. The van der Waals surface area contributed by atoms with Crippen LogP contribution in [0.5, 0.6) is 0 Å². The van der Waals surface area contributed by atoms with Gasteiger partial charge in [-0.2, -0.15) is 0 Å².